The number of carbonyl (C=O) groups is 1. The number of carbonyl (C=O) groups excluding carboxylic acids is 1. The van der Waals surface area contributed by atoms with Gasteiger partial charge < -0.3 is 4.90 Å². The van der Waals surface area contributed by atoms with Crippen LogP contribution in [0.25, 0.3) is 0 Å². The molecule has 152 valence electrons. The van der Waals surface area contributed by atoms with Gasteiger partial charge in [-0.15, -0.1) is 10.2 Å². The number of amides is 1. The summed E-state index contributed by atoms with van der Waals surface area (Å²) in [6.45, 7) is 4.03. The van der Waals surface area contributed by atoms with E-state index in [-0.39, 0.29) is 16.6 Å². The fraction of sp³-hybridized carbons (Fsp3) is 0.632. The maximum atomic E-state index is 12.6. The number of anilines is 2. The molecule has 0 aromatic carbocycles. The average molecular weight is 423 g/mol. The molecule has 0 unspecified atom stereocenters. The number of unbranched alkanes of at least 4 members (excludes halogenated alkanes) is 5. The predicted molar refractivity (Wildman–Crippen MR) is 113 cm³/mol. The number of halogens is 1. The molecular weight excluding hydrogens is 396 g/mol. The van der Waals surface area contributed by atoms with E-state index in [1.54, 1.807) is 0 Å². The molecule has 0 bridgehead atoms. The van der Waals surface area contributed by atoms with Crippen LogP contribution in [0.5, 0.6) is 0 Å². The fourth-order valence-corrected chi connectivity index (χ4v) is 4.16. The van der Waals surface area contributed by atoms with Crippen LogP contribution in [0, 0.1) is 0 Å². The molecule has 1 saturated heterocycles. The van der Waals surface area contributed by atoms with Crippen molar-refractivity contribution in [2.24, 2.45) is 0 Å². The van der Waals surface area contributed by atoms with Gasteiger partial charge in [0.15, 0.2) is 5.69 Å². The predicted octanol–water partition coefficient (Wildman–Crippen LogP) is 4.74. The standard InChI is InChI=1S/C19H27ClN6OS/c1-2-3-4-5-6-7-10-15-24-25-19(28-15)23-17(27)16-14(20)13-21-18(22-16)26-11-8-9-12-26/h13H,2-12H2,1H3,(H,23,25,27). The Morgan fingerprint density at radius 1 is 1.18 bits per heavy atom. The first-order valence-corrected chi connectivity index (χ1v) is 11.3. The molecule has 0 radical (unpaired) electrons. The minimum absolute atomic E-state index is 0.172. The molecule has 0 aliphatic carbocycles. The van der Waals surface area contributed by atoms with Gasteiger partial charge in [-0.05, 0) is 19.3 Å². The SMILES string of the molecule is CCCCCCCCc1nnc(NC(=O)c2nc(N3CCCC3)ncc2Cl)s1. The van der Waals surface area contributed by atoms with Gasteiger partial charge in [0.2, 0.25) is 11.1 Å². The molecular formula is C19H27ClN6OS. The van der Waals surface area contributed by atoms with Gasteiger partial charge in [0.1, 0.15) is 5.01 Å². The van der Waals surface area contributed by atoms with Crippen LogP contribution in [0.2, 0.25) is 5.02 Å². The van der Waals surface area contributed by atoms with Gasteiger partial charge in [0.25, 0.3) is 5.91 Å². The zero-order chi connectivity index (χ0) is 19.8. The molecule has 1 fully saturated rings. The third-order valence-electron chi connectivity index (χ3n) is 4.77. The van der Waals surface area contributed by atoms with Crippen LogP contribution in [0.15, 0.2) is 6.20 Å². The molecule has 7 nitrogen and oxygen atoms in total. The summed E-state index contributed by atoms with van der Waals surface area (Å²) in [4.78, 5) is 23.3. The van der Waals surface area contributed by atoms with Gasteiger partial charge in [0.05, 0.1) is 11.2 Å². The molecule has 1 aliphatic rings. The summed E-state index contributed by atoms with van der Waals surface area (Å²) in [6.07, 6.45) is 12.0. The van der Waals surface area contributed by atoms with Crippen LogP contribution < -0.4 is 10.2 Å². The number of aromatic nitrogens is 4. The van der Waals surface area contributed by atoms with E-state index in [1.807, 2.05) is 0 Å². The van der Waals surface area contributed by atoms with Crippen molar-refractivity contribution >= 4 is 39.9 Å². The molecule has 3 rings (SSSR count). The van der Waals surface area contributed by atoms with E-state index in [0.29, 0.717) is 11.1 Å². The molecule has 9 heteroatoms. The van der Waals surface area contributed by atoms with Crippen LogP contribution in [-0.4, -0.2) is 39.2 Å². The van der Waals surface area contributed by atoms with Crippen molar-refractivity contribution in [2.45, 2.75) is 64.7 Å². The first-order chi connectivity index (χ1) is 13.7. The first-order valence-electron chi connectivity index (χ1n) is 10.1. The number of nitrogens with zero attached hydrogens (tertiary/aromatic N) is 5. The Balaban J connectivity index is 1.53. The zero-order valence-electron chi connectivity index (χ0n) is 16.3. The van der Waals surface area contributed by atoms with E-state index in [2.05, 4.69) is 37.3 Å². The fourth-order valence-electron chi connectivity index (χ4n) is 3.20. The number of rotatable bonds is 10. The van der Waals surface area contributed by atoms with Gasteiger partial charge in [-0.1, -0.05) is 62.0 Å². The Kier molecular flexibility index (Phi) is 7.97. The Bertz CT molecular complexity index is 778. The van der Waals surface area contributed by atoms with Crippen molar-refractivity contribution in [1.82, 2.24) is 20.2 Å². The van der Waals surface area contributed by atoms with Crippen LogP contribution in [0.4, 0.5) is 11.1 Å². The third-order valence-corrected chi connectivity index (χ3v) is 5.94. The Morgan fingerprint density at radius 2 is 1.93 bits per heavy atom. The van der Waals surface area contributed by atoms with Crippen LogP contribution >= 0.6 is 22.9 Å². The second-order valence-electron chi connectivity index (χ2n) is 7.03. The van der Waals surface area contributed by atoms with Gasteiger partial charge in [-0.2, -0.15) is 0 Å². The maximum Gasteiger partial charge on any atom is 0.277 e. The minimum Gasteiger partial charge on any atom is -0.341 e. The van der Waals surface area contributed by atoms with Crippen molar-refractivity contribution in [3.63, 3.8) is 0 Å². The summed E-state index contributed by atoms with van der Waals surface area (Å²) in [5, 5.41) is 12.7. The number of aryl methyl sites for hydroxylation is 1. The second kappa shape index (κ2) is 10.7. The molecule has 2 aromatic heterocycles. The third kappa shape index (κ3) is 5.85. The summed E-state index contributed by atoms with van der Waals surface area (Å²) < 4.78 is 0. The minimum atomic E-state index is -0.380. The van der Waals surface area contributed by atoms with Crippen molar-refractivity contribution in [2.75, 3.05) is 23.3 Å². The molecule has 0 spiro atoms. The summed E-state index contributed by atoms with van der Waals surface area (Å²) >= 11 is 7.56. The topological polar surface area (TPSA) is 83.9 Å². The smallest absolute Gasteiger partial charge is 0.277 e. The summed E-state index contributed by atoms with van der Waals surface area (Å²) in [5.41, 5.74) is 0.172. The lowest BCUT2D eigenvalue weighted by Crippen LogP contribution is -2.23. The molecule has 1 aliphatic heterocycles. The Hall–Kier alpha value is -1.80. The highest BCUT2D eigenvalue weighted by Gasteiger charge is 2.20. The average Bonchev–Trinajstić information content (AvgIpc) is 3.37. The molecule has 3 heterocycles. The van der Waals surface area contributed by atoms with Crippen molar-refractivity contribution in [3.05, 3.63) is 21.9 Å². The maximum absolute atomic E-state index is 12.6. The Labute approximate surface area is 174 Å². The summed E-state index contributed by atoms with van der Waals surface area (Å²) in [7, 11) is 0. The summed E-state index contributed by atoms with van der Waals surface area (Å²) in [5.74, 6) is 0.170. The Morgan fingerprint density at radius 3 is 2.71 bits per heavy atom. The van der Waals surface area contributed by atoms with E-state index in [4.69, 9.17) is 11.6 Å². The molecule has 28 heavy (non-hydrogen) atoms. The van der Waals surface area contributed by atoms with Gasteiger partial charge in [-0.25, -0.2) is 9.97 Å². The van der Waals surface area contributed by atoms with E-state index >= 15 is 0 Å². The van der Waals surface area contributed by atoms with Crippen molar-refractivity contribution in [3.8, 4) is 0 Å². The van der Waals surface area contributed by atoms with Crippen LogP contribution in [0.3, 0.4) is 0 Å². The monoisotopic (exact) mass is 422 g/mol. The van der Waals surface area contributed by atoms with Crippen molar-refractivity contribution in [1.29, 1.82) is 0 Å². The van der Waals surface area contributed by atoms with Crippen LogP contribution in [0.1, 0.15) is 73.8 Å². The highest BCUT2D eigenvalue weighted by Crippen LogP contribution is 2.22. The zero-order valence-corrected chi connectivity index (χ0v) is 17.9. The number of hydrogen-bond donors (Lipinski definition) is 1. The van der Waals surface area contributed by atoms with Crippen molar-refractivity contribution < 1.29 is 4.79 Å². The second-order valence-corrected chi connectivity index (χ2v) is 8.50. The molecule has 0 atom stereocenters. The molecule has 1 amide bonds. The lowest BCUT2D eigenvalue weighted by Gasteiger charge is -2.15. The number of hydrogen-bond acceptors (Lipinski definition) is 7. The van der Waals surface area contributed by atoms with E-state index in [0.717, 1.165) is 43.8 Å². The molecule has 0 saturated carbocycles. The normalized spacial score (nSPS) is 13.9. The lowest BCUT2D eigenvalue weighted by atomic mass is 10.1. The summed E-state index contributed by atoms with van der Waals surface area (Å²) in [6, 6.07) is 0. The van der Waals surface area contributed by atoms with Gasteiger partial charge in [0, 0.05) is 19.5 Å². The largest absolute Gasteiger partial charge is 0.341 e. The first kappa shape index (κ1) is 20.9. The molecule has 2 aromatic rings. The van der Waals surface area contributed by atoms with E-state index < -0.39 is 0 Å². The number of nitrogens with one attached hydrogen (secondary N) is 1. The highest BCUT2D eigenvalue weighted by molar-refractivity contribution is 7.15. The quantitative estimate of drug-likeness (QED) is 0.557. The highest BCUT2D eigenvalue weighted by atomic mass is 35.5. The van der Waals surface area contributed by atoms with Crippen LogP contribution in [-0.2, 0) is 6.42 Å². The lowest BCUT2D eigenvalue weighted by molar-refractivity contribution is 0.102. The van der Waals surface area contributed by atoms with E-state index in [9.17, 15) is 4.79 Å². The van der Waals surface area contributed by atoms with E-state index in [1.165, 1.54) is 49.6 Å². The van der Waals surface area contributed by atoms with Gasteiger partial charge >= 0.3 is 0 Å². The molecule has 1 N–H and O–H groups in total. The van der Waals surface area contributed by atoms with Gasteiger partial charge in [-0.3, -0.25) is 10.1 Å².